The summed E-state index contributed by atoms with van der Waals surface area (Å²) >= 11 is 4.08. The van der Waals surface area contributed by atoms with Gasteiger partial charge in [-0.25, -0.2) is 4.79 Å². The minimum Gasteiger partial charge on any atom is -0.496 e. The van der Waals surface area contributed by atoms with Crippen molar-refractivity contribution in [2.24, 2.45) is 0 Å². The Balaban J connectivity index is 0.000000232. The van der Waals surface area contributed by atoms with Crippen LogP contribution in [0.1, 0.15) is 25.5 Å². The molecule has 4 aliphatic carbocycles. The van der Waals surface area contributed by atoms with Crippen LogP contribution >= 0.6 is 27.7 Å². The number of nitrogens with one attached hydrogen (secondary N) is 1. The van der Waals surface area contributed by atoms with Gasteiger partial charge in [0, 0.05) is 13.8 Å². The second-order valence-corrected chi connectivity index (χ2v) is 11.3. The lowest BCUT2D eigenvalue weighted by molar-refractivity contribution is -0.163. The Morgan fingerprint density at radius 2 is 1.56 bits per heavy atom. The van der Waals surface area contributed by atoms with Gasteiger partial charge in [0.25, 0.3) is 5.91 Å². The van der Waals surface area contributed by atoms with E-state index >= 15 is 0 Å². The zero-order valence-corrected chi connectivity index (χ0v) is 24.2. The highest BCUT2D eigenvalue weighted by Crippen LogP contribution is 2.41. The molecule has 2 atom stereocenters. The molecule has 1 fully saturated rings. The molecule has 10 heteroatoms. The monoisotopic (exact) mass is 610 g/mol. The first-order valence-corrected chi connectivity index (χ1v) is 13.6. The van der Waals surface area contributed by atoms with E-state index in [0.29, 0.717) is 15.8 Å². The van der Waals surface area contributed by atoms with Crippen LogP contribution in [0.3, 0.4) is 0 Å². The first-order valence-electron chi connectivity index (χ1n) is 12.0. The number of hydrogen-bond donors (Lipinski definition) is 1. The SMILES string of the molecule is COC(=O)C(c1ccc(OC)c(Br)c1)N1CC(NC(C)=O)(SC(C)=O)C1=O.c1cc2cc-2c1.c1cc2ccc1-2. The van der Waals surface area contributed by atoms with Crippen molar-refractivity contribution in [1.82, 2.24) is 10.2 Å². The van der Waals surface area contributed by atoms with Crippen molar-refractivity contribution in [2.75, 3.05) is 20.8 Å². The molecule has 0 radical (unpaired) electrons. The molecule has 39 heavy (non-hydrogen) atoms. The minimum absolute atomic E-state index is 0.0148. The Morgan fingerprint density at radius 1 is 0.949 bits per heavy atom. The predicted octanol–water partition coefficient (Wildman–Crippen LogP) is 4.96. The fourth-order valence-corrected chi connectivity index (χ4v) is 5.85. The van der Waals surface area contributed by atoms with Crippen LogP contribution in [0.15, 0.2) is 71.2 Å². The van der Waals surface area contributed by atoms with Crippen LogP contribution in [-0.2, 0) is 23.9 Å². The summed E-state index contributed by atoms with van der Waals surface area (Å²) in [5, 5.41) is 2.21. The number of carbonyl (C=O) groups excluding carboxylic acids is 4. The second kappa shape index (κ2) is 11.6. The van der Waals surface area contributed by atoms with E-state index in [1.54, 1.807) is 18.2 Å². The van der Waals surface area contributed by atoms with E-state index in [1.165, 1.54) is 55.2 Å². The van der Waals surface area contributed by atoms with Crippen LogP contribution in [0, 0.1) is 0 Å². The fraction of sp³-hybridized carbons (Fsp3) is 0.241. The van der Waals surface area contributed by atoms with Crippen molar-refractivity contribution >= 4 is 50.6 Å². The molecule has 0 spiro atoms. The van der Waals surface area contributed by atoms with E-state index < -0.39 is 28.7 Å². The third-order valence-electron chi connectivity index (χ3n) is 6.25. The summed E-state index contributed by atoms with van der Waals surface area (Å²) in [6, 6.07) is 20.9. The number of benzene rings is 3. The molecule has 1 aromatic carbocycles. The average Bonchev–Trinajstić information content (AvgIpc) is 3.49. The van der Waals surface area contributed by atoms with Crippen molar-refractivity contribution in [1.29, 1.82) is 0 Å². The normalized spacial score (nSPS) is 17.2. The lowest BCUT2D eigenvalue weighted by atomic mass is 9.95. The molecule has 1 aromatic rings. The molecule has 0 bridgehead atoms. The summed E-state index contributed by atoms with van der Waals surface area (Å²) in [7, 11) is 2.74. The van der Waals surface area contributed by atoms with Crippen molar-refractivity contribution < 1.29 is 28.7 Å². The number of methoxy groups -OCH3 is 2. The minimum atomic E-state index is -1.41. The van der Waals surface area contributed by atoms with Gasteiger partial charge in [0.2, 0.25) is 5.91 Å². The molecule has 6 rings (SSSR count). The number of ether oxygens (including phenoxy) is 2. The summed E-state index contributed by atoms with van der Waals surface area (Å²) in [5.74, 6) is -1.06. The van der Waals surface area contributed by atoms with Crippen LogP contribution < -0.4 is 10.1 Å². The van der Waals surface area contributed by atoms with Gasteiger partial charge in [-0.05, 0) is 73.7 Å². The molecule has 5 aliphatic rings. The van der Waals surface area contributed by atoms with Gasteiger partial charge in [-0.15, -0.1) is 0 Å². The van der Waals surface area contributed by atoms with Crippen LogP contribution in [0.2, 0.25) is 0 Å². The predicted molar refractivity (Wildman–Crippen MR) is 153 cm³/mol. The lowest BCUT2D eigenvalue weighted by Gasteiger charge is -2.50. The lowest BCUT2D eigenvalue weighted by Crippen LogP contribution is -2.73. The zero-order chi connectivity index (χ0) is 28.3. The van der Waals surface area contributed by atoms with Crippen LogP contribution in [0.5, 0.6) is 5.75 Å². The summed E-state index contributed by atoms with van der Waals surface area (Å²) in [6.07, 6.45) is 0. The maximum atomic E-state index is 12.9. The Kier molecular flexibility index (Phi) is 8.46. The highest BCUT2D eigenvalue weighted by Gasteiger charge is 2.58. The van der Waals surface area contributed by atoms with Gasteiger partial charge in [0.05, 0.1) is 25.2 Å². The molecule has 1 N–H and O–H groups in total. The summed E-state index contributed by atoms with van der Waals surface area (Å²) < 4.78 is 10.6. The number of β-lactam (4-membered cyclic amide) rings is 1. The van der Waals surface area contributed by atoms with Gasteiger partial charge in [-0.1, -0.05) is 48.5 Å². The van der Waals surface area contributed by atoms with Crippen LogP contribution in [0.25, 0.3) is 22.3 Å². The molecular formula is C29H27BrN2O6S. The van der Waals surface area contributed by atoms with Gasteiger partial charge in [0.1, 0.15) is 5.75 Å². The van der Waals surface area contributed by atoms with Crippen molar-refractivity contribution in [2.45, 2.75) is 24.8 Å². The molecular weight excluding hydrogens is 584 g/mol. The molecule has 0 aromatic heterocycles. The molecule has 1 saturated heterocycles. The van der Waals surface area contributed by atoms with Crippen molar-refractivity contribution in [3.8, 4) is 28.0 Å². The van der Waals surface area contributed by atoms with E-state index in [4.69, 9.17) is 9.47 Å². The number of fused-ring (bicyclic) bond motifs is 2. The largest absolute Gasteiger partial charge is 0.496 e. The number of likely N-dealkylation sites (tertiary alicyclic amines) is 1. The average molecular weight is 612 g/mol. The number of hydrogen-bond acceptors (Lipinski definition) is 7. The summed E-state index contributed by atoms with van der Waals surface area (Å²) in [6.45, 7) is 2.55. The van der Waals surface area contributed by atoms with Gasteiger partial charge >= 0.3 is 5.97 Å². The van der Waals surface area contributed by atoms with E-state index in [1.807, 2.05) is 0 Å². The number of carbonyl (C=O) groups is 4. The third kappa shape index (κ3) is 6.17. The van der Waals surface area contributed by atoms with E-state index in [-0.39, 0.29) is 11.7 Å². The first-order chi connectivity index (χ1) is 18.6. The summed E-state index contributed by atoms with van der Waals surface area (Å²) in [5.41, 5.74) is 6.21. The zero-order valence-electron chi connectivity index (χ0n) is 21.8. The van der Waals surface area contributed by atoms with E-state index in [2.05, 4.69) is 69.8 Å². The number of esters is 1. The smallest absolute Gasteiger partial charge is 0.333 e. The number of thioether (sulfide) groups is 1. The number of amides is 2. The Morgan fingerprint density at radius 3 is 1.90 bits per heavy atom. The quantitative estimate of drug-likeness (QED) is 0.165. The molecule has 2 amide bonds. The third-order valence-corrected chi connectivity index (χ3v) is 7.92. The second-order valence-electron chi connectivity index (χ2n) is 9.01. The van der Waals surface area contributed by atoms with E-state index in [9.17, 15) is 19.2 Å². The topological polar surface area (TPSA) is 102 Å². The van der Waals surface area contributed by atoms with Gasteiger partial charge < -0.3 is 19.7 Å². The highest BCUT2D eigenvalue weighted by molar-refractivity contribution is 9.10. The molecule has 2 unspecified atom stereocenters. The van der Waals surface area contributed by atoms with Gasteiger partial charge in [-0.3, -0.25) is 14.4 Å². The maximum Gasteiger partial charge on any atom is 0.333 e. The van der Waals surface area contributed by atoms with E-state index in [0.717, 1.165) is 11.8 Å². The molecule has 8 nitrogen and oxygen atoms in total. The van der Waals surface area contributed by atoms with Crippen molar-refractivity contribution in [3.63, 3.8) is 0 Å². The highest BCUT2D eigenvalue weighted by atomic mass is 79.9. The van der Waals surface area contributed by atoms with Gasteiger partial charge in [-0.2, -0.15) is 0 Å². The van der Waals surface area contributed by atoms with Gasteiger partial charge in [0.15, 0.2) is 16.0 Å². The standard InChI is InChI=1S/C17H19BrN2O6S.2C6H4/c1-9(21)19-17(27-10(2)22)8-20(16(17)24)14(15(23)26-4)11-5-6-13(25-3)12(18)7-11;1-2-6-4-3-5(1)6;1-2-5-4-6(5)3-1/h5-7,14H,8H2,1-4H3,(H,19,21);2*1-4H. The number of rotatable bonds is 6. The number of halogens is 1. The van der Waals surface area contributed by atoms with Crippen molar-refractivity contribution in [3.05, 3.63) is 76.8 Å². The summed E-state index contributed by atoms with van der Waals surface area (Å²) in [4.78, 5) is 48.2. The van der Waals surface area contributed by atoms with Crippen LogP contribution in [0.4, 0.5) is 0 Å². The van der Waals surface area contributed by atoms with Crippen LogP contribution in [-0.4, -0.2) is 53.4 Å². The molecule has 1 heterocycles. The Hall–Kier alpha value is -3.63. The molecule has 0 saturated carbocycles. The molecule has 1 aliphatic heterocycles. The first kappa shape index (κ1) is 28.4. The Bertz CT molecular complexity index is 1390. The number of nitrogens with zero attached hydrogens (tertiary/aromatic N) is 1. The maximum absolute atomic E-state index is 12.9. The fourth-order valence-electron chi connectivity index (χ4n) is 4.20. The molecule has 202 valence electrons. The Labute approximate surface area is 239 Å².